The fourth-order valence-corrected chi connectivity index (χ4v) is 4.36. The van der Waals surface area contributed by atoms with Crippen molar-refractivity contribution in [2.24, 2.45) is 11.3 Å². The normalized spacial score (nSPS) is 30.6. The molecule has 23 heavy (non-hydrogen) atoms. The van der Waals surface area contributed by atoms with Crippen LogP contribution in [0.1, 0.15) is 30.9 Å². The van der Waals surface area contributed by atoms with Crippen LogP contribution >= 0.6 is 0 Å². The SMILES string of the molecule is CN1CC2CNC[C@@]2(C(=O)NCCCn2nccc2C2CC2)C1. The lowest BCUT2D eigenvalue weighted by atomic mass is 9.80. The molecule has 6 nitrogen and oxygen atoms in total. The summed E-state index contributed by atoms with van der Waals surface area (Å²) in [6.45, 7) is 5.32. The molecular weight excluding hydrogens is 290 g/mol. The van der Waals surface area contributed by atoms with Gasteiger partial charge in [-0.15, -0.1) is 0 Å². The molecule has 2 saturated heterocycles. The standard InChI is InChI=1S/C17H27N5O/c1-21-10-14-9-18-11-17(14,12-21)16(23)19-6-2-8-22-15(5-7-20-22)13-3-4-13/h5,7,13-14,18H,2-4,6,8-12H2,1H3,(H,19,23)/t14?,17-/m1/s1. The number of amides is 1. The maximum atomic E-state index is 12.7. The highest BCUT2D eigenvalue weighted by Gasteiger charge is 2.53. The van der Waals surface area contributed by atoms with Crippen LogP contribution in [0.15, 0.2) is 12.3 Å². The third-order valence-electron chi connectivity index (χ3n) is 5.73. The number of aromatic nitrogens is 2. The average molecular weight is 317 g/mol. The Kier molecular flexibility index (Phi) is 3.89. The van der Waals surface area contributed by atoms with Gasteiger partial charge in [0, 0.05) is 63.0 Å². The first kappa shape index (κ1) is 15.1. The lowest BCUT2D eigenvalue weighted by Crippen LogP contribution is -2.47. The summed E-state index contributed by atoms with van der Waals surface area (Å²) < 4.78 is 2.12. The minimum Gasteiger partial charge on any atom is -0.355 e. The Bertz CT molecular complexity index is 581. The number of carbonyl (C=O) groups excluding carboxylic acids is 1. The van der Waals surface area contributed by atoms with Gasteiger partial charge >= 0.3 is 0 Å². The fraction of sp³-hybridized carbons (Fsp3) is 0.765. The van der Waals surface area contributed by atoms with E-state index in [1.54, 1.807) is 0 Å². The Labute approximate surface area is 137 Å². The summed E-state index contributed by atoms with van der Waals surface area (Å²) >= 11 is 0. The molecule has 2 aliphatic heterocycles. The molecule has 0 radical (unpaired) electrons. The second-order valence-corrected chi connectivity index (χ2v) is 7.54. The number of nitrogens with one attached hydrogen (secondary N) is 2. The van der Waals surface area contributed by atoms with Gasteiger partial charge in [-0.3, -0.25) is 9.48 Å². The summed E-state index contributed by atoms with van der Waals surface area (Å²) in [6, 6.07) is 2.14. The lowest BCUT2D eigenvalue weighted by molar-refractivity contribution is -0.130. The van der Waals surface area contributed by atoms with Gasteiger partial charge in [-0.05, 0) is 32.4 Å². The molecule has 0 aromatic carbocycles. The number of fused-ring (bicyclic) bond motifs is 1. The van der Waals surface area contributed by atoms with Crippen molar-refractivity contribution in [2.45, 2.75) is 31.7 Å². The first-order chi connectivity index (χ1) is 11.2. The summed E-state index contributed by atoms with van der Waals surface area (Å²) in [5, 5.41) is 11.0. The van der Waals surface area contributed by atoms with E-state index in [0.717, 1.165) is 51.6 Å². The molecule has 1 aromatic heterocycles. The van der Waals surface area contributed by atoms with Crippen LogP contribution in [0.2, 0.25) is 0 Å². The third kappa shape index (κ3) is 2.78. The quantitative estimate of drug-likeness (QED) is 0.747. The molecule has 2 N–H and O–H groups in total. The smallest absolute Gasteiger partial charge is 0.229 e. The molecule has 3 heterocycles. The Balaban J connectivity index is 1.28. The van der Waals surface area contributed by atoms with Crippen molar-refractivity contribution in [1.82, 2.24) is 25.3 Å². The number of rotatable bonds is 6. The summed E-state index contributed by atoms with van der Waals surface area (Å²) in [5.74, 6) is 1.42. The zero-order valence-corrected chi connectivity index (χ0v) is 13.9. The molecule has 1 aromatic rings. The molecule has 4 rings (SSSR count). The van der Waals surface area contributed by atoms with Crippen molar-refractivity contribution < 1.29 is 4.79 Å². The van der Waals surface area contributed by atoms with Crippen LogP contribution in [-0.4, -0.2) is 60.4 Å². The van der Waals surface area contributed by atoms with Gasteiger partial charge in [0.05, 0.1) is 5.41 Å². The zero-order chi connectivity index (χ0) is 15.9. The van der Waals surface area contributed by atoms with Crippen LogP contribution in [0.3, 0.4) is 0 Å². The van der Waals surface area contributed by atoms with Crippen LogP contribution in [0.5, 0.6) is 0 Å². The van der Waals surface area contributed by atoms with Crippen molar-refractivity contribution in [3.63, 3.8) is 0 Å². The molecular formula is C17H27N5O. The fourth-order valence-electron chi connectivity index (χ4n) is 4.36. The minimum absolute atomic E-state index is 0.209. The number of carbonyl (C=O) groups is 1. The van der Waals surface area contributed by atoms with Crippen molar-refractivity contribution in [3.8, 4) is 0 Å². The highest BCUT2D eigenvalue weighted by Crippen LogP contribution is 2.40. The number of nitrogens with zero attached hydrogens (tertiary/aromatic N) is 3. The van der Waals surface area contributed by atoms with E-state index in [9.17, 15) is 4.79 Å². The summed E-state index contributed by atoms with van der Waals surface area (Å²) in [7, 11) is 2.12. The van der Waals surface area contributed by atoms with Gasteiger partial charge in [-0.1, -0.05) is 0 Å². The first-order valence-electron chi connectivity index (χ1n) is 8.88. The van der Waals surface area contributed by atoms with E-state index in [-0.39, 0.29) is 11.3 Å². The number of likely N-dealkylation sites (tertiary alicyclic amines) is 1. The molecule has 126 valence electrons. The van der Waals surface area contributed by atoms with Crippen molar-refractivity contribution in [3.05, 3.63) is 18.0 Å². The van der Waals surface area contributed by atoms with E-state index in [1.807, 2.05) is 6.20 Å². The largest absolute Gasteiger partial charge is 0.355 e. The Morgan fingerprint density at radius 1 is 1.52 bits per heavy atom. The maximum absolute atomic E-state index is 12.7. The highest BCUT2D eigenvalue weighted by molar-refractivity contribution is 5.84. The van der Waals surface area contributed by atoms with E-state index in [4.69, 9.17) is 0 Å². The number of aryl methyl sites for hydroxylation is 1. The van der Waals surface area contributed by atoms with Crippen LogP contribution < -0.4 is 10.6 Å². The number of hydrogen-bond donors (Lipinski definition) is 2. The van der Waals surface area contributed by atoms with Crippen molar-refractivity contribution in [1.29, 1.82) is 0 Å². The molecule has 1 aliphatic carbocycles. The predicted molar refractivity (Wildman–Crippen MR) is 88.1 cm³/mol. The van der Waals surface area contributed by atoms with Gasteiger partial charge in [-0.2, -0.15) is 5.10 Å². The van der Waals surface area contributed by atoms with Gasteiger partial charge in [0.2, 0.25) is 5.91 Å². The van der Waals surface area contributed by atoms with Crippen LogP contribution in [0.4, 0.5) is 0 Å². The lowest BCUT2D eigenvalue weighted by Gasteiger charge is -2.26. The zero-order valence-electron chi connectivity index (χ0n) is 13.9. The van der Waals surface area contributed by atoms with Crippen LogP contribution in [-0.2, 0) is 11.3 Å². The highest BCUT2D eigenvalue weighted by atomic mass is 16.2. The molecule has 3 fully saturated rings. The average Bonchev–Trinajstić information content (AvgIpc) is 2.98. The number of hydrogen-bond acceptors (Lipinski definition) is 4. The van der Waals surface area contributed by atoms with Crippen LogP contribution in [0.25, 0.3) is 0 Å². The molecule has 2 atom stereocenters. The maximum Gasteiger partial charge on any atom is 0.229 e. The summed E-state index contributed by atoms with van der Waals surface area (Å²) in [5.41, 5.74) is 1.16. The van der Waals surface area contributed by atoms with Gasteiger partial charge in [0.25, 0.3) is 0 Å². The Hall–Kier alpha value is -1.40. The minimum atomic E-state index is -0.209. The van der Waals surface area contributed by atoms with E-state index >= 15 is 0 Å². The Morgan fingerprint density at radius 3 is 3.22 bits per heavy atom. The molecule has 1 saturated carbocycles. The van der Waals surface area contributed by atoms with Gasteiger partial charge < -0.3 is 15.5 Å². The second kappa shape index (κ2) is 5.91. The topological polar surface area (TPSA) is 62.2 Å². The van der Waals surface area contributed by atoms with Crippen LogP contribution in [0, 0.1) is 11.3 Å². The van der Waals surface area contributed by atoms with Crippen molar-refractivity contribution in [2.75, 3.05) is 39.8 Å². The molecule has 0 bridgehead atoms. The molecule has 6 heteroatoms. The second-order valence-electron chi connectivity index (χ2n) is 7.54. The molecule has 1 unspecified atom stereocenters. The van der Waals surface area contributed by atoms with E-state index in [2.05, 4.69) is 38.4 Å². The Morgan fingerprint density at radius 2 is 2.39 bits per heavy atom. The van der Waals surface area contributed by atoms with Gasteiger partial charge in [0.1, 0.15) is 0 Å². The summed E-state index contributed by atoms with van der Waals surface area (Å²) in [6.07, 6.45) is 5.44. The summed E-state index contributed by atoms with van der Waals surface area (Å²) in [4.78, 5) is 15.0. The predicted octanol–water partition coefficient (Wildman–Crippen LogP) is 0.418. The molecule has 3 aliphatic rings. The third-order valence-corrected chi connectivity index (χ3v) is 5.73. The van der Waals surface area contributed by atoms with Gasteiger partial charge in [-0.25, -0.2) is 0 Å². The molecule has 1 amide bonds. The van der Waals surface area contributed by atoms with E-state index in [1.165, 1.54) is 18.5 Å². The van der Waals surface area contributed by atoms with Gasteiger partial charge in [0.15, 0.2) is 0 Å². The van der Waals surface area contributed by atoms with Crippen molar-refractivity contribution >= 4 is 5.91 Å². The monoisotopic (exact) mass is 317 g/mol. The first-order valence-corrected chi connectivity index (χ1v) is 8.88. The van der Waals surface area contributed by atoms with E-state index < -0.39 is 0 Å². The van der Waals surface area contributed by atoms with E-state index in [0.29, 0.717) is 5.92 Å². The molecule has 0 spiro atoms.